The van der Waals surface area contributed by atoms with Gasteiger partial charge in [-0.15, -0.1) is 0 Å². The molecule has 0 spiro atoms. The van der Waals surface area contributed by atoms with Crippen molar-refractivity contribution in [3.8, 4) is 0 Å². The number of carbonyl (C=O) groups is 4. The summed E-state index contributed by atoms with van der Waals surface area (Å²) in [5.74, 6) is -5.77. The Morgan fingerprint density at radius 1 is 0.734 bits per heavy atom. The van der Waals surface area contributed by atoms with Gasteiger partial charge in [-0.2, -0.15) is 0 Å². The molecule has 0 aromatic rings. The van der Waals surface area contributed by atoms with E-state index in [1.165, 1.54) is 0 Å². The van der Waals surface area contributed by atoms with E-state index in [2.05, 4.69) is 47.3 Å². The first-order valence-electron chi connectivity index (χ1n) is 27.3. The standard InChI is InChI=1S/C54H84O25/c1-24(44(69)70)25-11-13-52(6)31(51(25,5)12-8-16-55)10-9-26-27-17-49(2,3)14-15-54(27,32(57)18-53(26,52)7)48(71)79-47-42(68)43(78-46-41(67)38(64)35(61)28(21-56)75-46)37(63)30(77-47)23-74-45-40(66)39(65)36(62)29(76-45)22-73-34(60)20-50(4,72)19-33(58)59/h9,25,27-32,35-43,45-47,55-57,61-68,72H,1,8,10-23H2,2-7H3,(H,58,59)(H,69,70)/t25-,27-,28+,29+,30+,31+,32+,35+,36+,37+,38-,39-,40+,41+,42+,43-,45+,46-,47-,50+,51-,52+,53+,54+/m0/s1. The first-order chi connectivity index (χ1) is 36.7. The van der Waals surface area contributed by atoms with Crippen LogP contribution in [0.5, 0.6) is 0 Å². The summed E-state index contributed by atoms with van der Waals surface area (Å²) in [6, 6.07) is 0. The van der Waals surface area contributed by atoms with E-state index < -0.39 is 194 Å². The molecule has 79 heavy (non-hydrogen) atoms. The van der Waals surface area contributed by atoms with Crippen LogP contribution < -0.4 is 0 Å². The van der Waals surface area contributed by atoms with Gasteiger partial charge in [0.1, 0.15) is 85.3 Å². The molecule has 3 saturated heterocycles. The molecule has 24 atom stereocenters. The number of allylic oxidation sites excluding steroid dienone is 2. The third-order valence-corrected chi connectivity index (χ3v) is 19.5. The molecule has 3 aliphatic heterocycles. The van der Waals surface area contributed by atoms with Crippen LogP contribution in [0.25, 0.3) is 0 Å². The van der Waals surface area contributed by atoms with E-state index in [0.717, 1.165) is 12.5 Å². The quantitative estimate of drug-likeness (QED) is 0.0398. The van der Waals surface area contributed by atoms with Gasteiger partial charge in [-0.1, -0.05) is 52.8 Å². The number of hydrogen-bond donors (Lipinski definition) is 14. The van der Waals surface area contributed by atoms with Crippen LogP contribution in [-0.2, 0) is 52.3 Å². The molecule has 3 saturated carbocycles. The Morgan fingerprint density at radius 2 is 1.34 bits per heavy atom. The van der Waals surface area contributed by atoms with E-state index in [4.69, 9.17) is 38.3 Å². The minimum absolute atomic E-state index is 0.0700. The Labute approximate surface area is 457 Å². The molecule has 0 aromatic carbocycles. The fraction of sp³-hybridized carbons (Fsp3) is 0.852. The van der Waals surface area contributed by atoms with Crippen molar-refractivity contribution < 1.29 is 124 Å². The largest absolute Gasteiger partial charge is 0.481 e. The molecule has 14 N–H and O–H groups in total. The Bertz CT molecular complexity index is 2260. The topological polar surface area (TPSA) is 416 Å². The molecule has 0 bridgehead atoms. The number of carbonyl (C=O) groups excluding carboxylic acids is 2. The number of aliphatic hydroxyl groups excluding tert-OH is 11. The average molecular weight is 1130 g/mol. The molecule has 25 nitrogen and oxygen atoms in total. The zero-order chi connectivity index (χ0) is 58.7. The average Bonchev–Trinajstić information content (AvgIpc) is 1.76. The summed E-state index contributed by atoms with van der Waals surface area (Å²) in [6.07, 6.45) is -26.2. The lowest BCUT2D eigenvalue weighted by atomic mass is 9.35. The second-order valence-corrected chi connectivity index (χ2v) is 25.1. The maximum Gasteiger partial charge on any atom is 0.331 e. The molecule has 7 aliphatic rings. The van der Waals surface area contributed by atoms with Gasteiger partial charge in [0.25, 0.3) is 0 Å². The fourth-order valence-corrected chi connectivity index (χ4v) is 14.8. The van der Waals surface area contributed by atoms with Crippen molar-refractivity contribution in [3.05, 3.63) is 23.8 Å². The minimum atomic E-state index is -2.16. The lowest BCUT2D eigenvalue weighted by Gasteiger charge is -2.69. The van der Waals surface area contributed by atoms with Crippen molar-refractivity contribution in [2.45, 2.75) is 216 Å². The van der Waals surface area contributed by atoms with E-state index in [1.54, 1.807) is 0 Å². The van der Waals surface area contributed by atoms with Crippen molar-refractivity contribution >= 4 is 23.9 Å². The number of carboxylic acids is 2. The Hall–Kier alpha value is -3.32. The monoisotopic (exact) mass is 1130 g/mol. The van der Waals surface area contributed by atoms with Gasteiger partial charge < -0.3 is 105 Å². The summed E-state index contributed by atoms with van der Waals surface area (Å²) >= 11 is 0. The van der Waals surface area contributed by atoms with Gasteiger partial charge in [0, 0.05) is 12.2 Å². The molecule has 7 rings (SSSR count). The molecule has 6 fully saturated rings. The molecule has 4 aliphatic carbocycles. The van der Waals surface area contributed by atoms with E-state index >= 15 is 4.79 Å². The van der Waals surface area contributed by atoms with Crippen molar-refractivity contribution in [2.75, 3.05) is 26.4 Å². The lowest BCUT2D eigenvalue weighted by molar-refractivity contribution is -0.363. The van der Waals surface area contributed by atoms with Gasteiger partial charge in [0.05, 0.1) is 37.8 Å². The van der Waals surface area contributed by atoms with E-state index in [1.807, 2.05) is 0 Å². The van der Waals surface area contributed by atoms with Crippen LogP contribution in [0.2, 0.25) is 0 Å². The van der Waals surface area contributed by atoms with Crippen LogP contribution in [0.1, 0.15) is 112 Å². The Balaban J connectivity index is 1.18. The number of aliphatic carboxylic acids is 2. The number of carboxylic acid groups (broad SMARTS) is 2. The smallest absolute Gasteiger partial charge is 0.331 e. The minimum Gasteiger partial charge on any atom is -0.481 e. The third kappa shape index (κ3) is 11.8. The molecule has 25 heteroatoms. The van der Waals surface area contributed by atoms with Crippen LogP contribution in [0.3, 0.4) is 0 Å². The molecule has 450 valence electrons. The van der Waals surface area contributed by atoms with Gasteiger partial charge in [-0.25, -0.2) is 4.79 Å². The highest BCUT2D eigenvalue weighted by Gasteiger charge is 2.71. The highest BCUT2D eigenvalue weighted by molar-refractivity contribution is 5.86. The fourth-order valence-electron chi connectivity index (χ4n) is 14.8. The lowest BCUT2D eigenvalue weighted by Crippen LogP contribution is -2.67. The van der Waals surface area contributed by atoms with Crippen molar-refractivity contribution in [1.29, 1.82) is 0 Å². The molecular formula is C54H84O25. The second-order valence-electron chi connectivity index (χ2n) is 25.1. The highest BCUT2D eigenvalue weighted by atomic mass is 16.8. The van der Waals surface area contributed by atoms with Crippen LogP contribution in [0.4, 0.5) is 0 Å². The zero-order valence-electron chi connectivity index (χ0n) is 45.6. The van der Waals surface area contributed by atoms with Crippen LogP contribution >= 0.6 is 0 Å². The summed E-state index contributed by atoms with van der Waals surface area (Å²) in [6.45, 7) is 12.9. The summed E-state index contributed by atoms with van der Waals surface area (Å²) in [5.41, 5.74) is -4.97. The SMILES string of the molecule is C=C(C(=O)O)[C@@H]1CC[C@]2(C)[C@H](CC=C3[C@@H]4CC(C)(C)CC[C@]4(C(=O)O[C@@H]4O[C@H](CO[C@@H]5O[C@H](COC(=O)C[C@](C)(O)CC(=O)O)[C@@H](O)[C@H](O)[C@H]5O)[C@@H](O)[C@H](O[C@@H]5O[C@H](CO)[C@@H](O)[C@H](O)[C@H]5O)[C@H]4O)[C@H](O)C[C@]32C)[C@@]1(C)CCCO. The van der Waals surface area contributed by atoms with Gasteiger partial charge in [-0.05, 0) is 104 Å². The van der Waals surface area contributed by atoms with Gasteiger partial charge in [-0.3, -0.25) is 14.4 Å². The zero-order valence-corrected chi connectivity index (χ0v) is 45.6. The van der Waals surface area contributed by atoms with Gasteiger partial charge in [0.15, 0.2) is 12.6 Å². The van der Waals surface area contributed by atoms with Crippen LogP contribution in [0.15, 0.2) is 23.8 Å². The molecule has 0 amide bonds. The van der Waals surface area contributed by atoms with Gasteiger partial charge >= 0.3 is 23.9 Å². The van der Waals surface area contributed by atoms with Gasteiger partial charge in [0.2, 0.25) is 6.29 Å². The first-order valence-corrected chi connectivity index (χ1v) is 27.3. The number of hydrogen-bond acceptors (Lipinski definition) is 23. The maximum atomic E-state index is 15.5. The Morgan fingerprint density at radius 3 is 1.96 bits per heavy atom. The first kappa shape index (κ1) is 63.3. The van der Waals surface area contributed by atoms with Crippen molar-refractivity contribution in [2.24, 2.45) is 44.8 Å². The second kappa shape index (κ2) is 23.7. The number of esters is 2. The predicted molar refractivity (Wildman–Crippen MR) is 267 cm³/mol. The molecule has 0 radical (unpaired) electrons. The summed E-state index contributed by atoms with van der Waals surface area (Å²) in [4.78, 5) is 51.6. The molecule has 0 aromatic heterocycles. The predicted octanol–water partition coefficient (Wildman–Crippen LogP) is -1.49. The summed E-state index contributed by atoms with van der Waals surface area (Å²) in [5, 5.41) is 151. The van der Waals surface area contributed by atoms with Crippen LogP contribution in [0, 0.1) is 44.8 Å². The number of rotatable bonds is 19. The van der Waals surface area contributed by atoms with E-state index in [-0.39, 0.29) is 36.4 Å². The van der Waals surface area contributed by atoms with Crippen LogP contribution in [-0.4, -0.2) is 226 Å². The molecule has 0 unspecified atom stereocenters. The Kier molecular flexibility index (Phi) is 19.0. The van der Waals surface area contributed by atoms with Crippen molar-refractivity contribution in [1.82, 2.24) is 0 Å². The molecular weight excluding hydrogens is 1050 g/mol. The number of ether oxygens (including phenoxy) is 7. The summed E-state index contributed by atoms with van der Waals surface area (Å²) < 4.78 is 40.3. The third-order valence-electron chi connectivity index (χ3n) is 19.5. The van der Waals surface area contributed by atoms with E-state index in [9.17, 15) is 80.8 Å². The number of aliphatic hydroxyl groups is 12. The van der Waals surface area contributed by atoms with E-state index in [0.29, 0.717) is 44.9 Å². The van der Waals surface area contributed by atoms with Crippen molar-refractivity contribution in [3.63, 3.8) is 0 Å². The maximum absolute atomic E-state index is 15.5. The molecule has 3 heterocycles. The number of fused-ring (bicyclic) bond motifs is 5. The normalized spacial score (nSPS) is 45.5. The highest BCUT2D eigenvalue weighted by Crippen LogP contribution is 2.74. The summed E-state index contributed by atoms with van der Waals surface area (Å²) in [7, 11) is 0.